The van der Waals surface area contributed by atoms with Gasteiger partial charge in [0.2, 0.25) is 0 Å². The van der Waals surface area contributed by atoms with E-state index in [1.807, 2.05) is 26.0 Å². The molecule has 1 atom stereocenters. The molecule has 0 radical (unpaired) electrons. The molecule has 1 aromatic rings. The second kappa shape index (κ2) is 7.02. The Hall–Kier alpha value is -1.71. The van der Waals surface area contributed by atoms with Gasteiger partial charge in [0.25, 0.3) is 0 Å². The number of Topliss-reactive ketones (excluding diaryl/α,β-unsaturated/α-hetero) is 3. The van der Waals surface area contributed by atoms with E-state index < -0.39 is 11.6 Å². The molecule has 19 heavy (non-hydrogen) atoms. The molecule has 0 saturated carbocycles. The van der Waals surface area contributed by atoms with E-state index in [1.165, 1.54) is 6.92 Å². The Kier molecular flexibility index (Phi) is 5.67. The molecule has 0 N–H and O–H groups in total. The van der Waals surface area contributed by atoms with Gasteiger partial charge in [0, 0.05) is 32.1 Å². The number of rotatable bonds is 8. The minimum absolute atomic E-state index is 0.0183. The first-order valence-electron chi connectivity index (χ1n) is 6.52. The third kappa shape index (κ3) is 5.20. The van der Waals surface area contributed by atoms with Crippen LogP contribution in [-0.4, -0.2) is 17.3 Å². The fourth-order valence-corrected chi connectivity index (χ4v) is 1.79. The molecule has 0 saturated heterocycles. The number of hydrogen-bond donors (Lipinski definition) is 0. The third-order valence-electron chi connectivity index (χ3n) is 3.13. The molecule has 104 valence electrons. The minimum atomic E-state index is -0.479. The number of ketones is 3. The number of carbonyl (C=O) groups is 3. The first-order valence-corrected chi connectivity index (χ1v) is 6.52. The van der Waals surface area contributed by atoms with Crippen LogP contribution in [0.1, 0.15) is 57.0 Å². The van der Waals surface area contributed by atoms with Crippen LogP contribution in [0.15, 0.2) is 16.5 Å². The van der Waals surface area contributed by atoms with Gasteiger partial charge in [-0.25, -0.2) is 0 Å². The largest absolute Gasteiger partial charge is 0.466 e. The van der Waals surface area contributed by atoms with E-state index in [1.54, 1.807) is 0 Å². The van der Waals surface area contributed by atoms with Crippen LogP contribution in [-0.2, 0) is 14.4 Å². The molecule has 0 fully saturated rings. The predicted octanol–water partition coefficient (Wildman–Crippen LogP) is 2.98. The maximum absolute atomic E-state index is 11.6. The SMILES string of the molecule is CC(=O)C(=O)CCC(=O)CCC(C)c1ccc(C)o1. The summed E-state index contributed by atoms with van der Waals surface area (Å²) in [6.07, 6.45) is 1.29. The zero-order valence-electron chi connectivity index (χ0n) is 11.7. The van der Waals surface area contributed by atoms with Gasteiger partial charge in [-0.3, -0.25) is 14.4 Å². The molecule has 1 heterocycles. The van der Waals surface area contributed by atoms with Crippen LogP contribution in [0.25, 0.3) is 0 Å². The first-order chi connectivity index (χ1) is 8.90. The fraction of sp³-hybridized carbons (Fsp3) is 0.533. The van der Waals surface area contributed by atoms with Gasteiger partial charge in [0.1, 0.15) is 17.3 Å². The van der Waals surface area contributed by atoms with Crippen LogP contribution in [0.4, 0.5) is 0 Å². The van der Waals surface area contributed by atoms with Crippen molar-refractivity contribution in [2.45, 2.75) is 52.4 Å². The Morgan fingerprint density at radius 1 is 1.16 bits per heavy atom. The molecule has 0 spiro atoms. The summed E-state index contributed by atoms with van der Waals surface area (Å²) in [4.78, 5) is 33.4. The summed E-state index contributed by atoms with van der Waals surface area (Å²) in [5, 5.41) is 0. The maximum atomic E-state index is 11.6. The molecule has 1 rings (SSSR count). The Morgan fingerprint density at radius 3 is 2.37 bits per heavy atom. The summed E-state index contributed by atoms with van der Waals surface area (Å²) in [5.74, 6) is 0.992. The van der Waals surface area contributed by atoms with Crippen molar-refractivity contribution >= 4 is 17.3 Å². The fourth-order valence-electron chi connectivity index (χ4n) is 1.79. The minimum Gasteiger partial charge on any atom is -0.466 e. The molecule has 1 aromatic heterocycles. The molecule has 0 aliphatic heterocycles. The van der Waals surface area contributed by atoms with E-state index in [0.717, 1.165) is 11.5 Å². The lowest BCUT2D eigenvalue weighted by atomic mass is 9.99. The zero-order valence-corrected chi connectivity index (χ0v) is 11.7. The highest BCUT2D eigenvalue weighted by Gasteiger charge is 2.14. The smallest absolute Gasteiger partial charge is 0.198 e. The summed E-state index contributed by atoms with van der Waals surface area (Å²) < 4.78 is 5.50. The van der Waals surface area contributed by atoms with Gasteiger partial charge >= 0.3 is 0 Å². The van der Waals surface area contributed by atoms with E-state index in [0.29, 0.717) is 12.8 Å². The van der Waals surface area contributed by atoms with Gasteiger partial charge in [0.05, 0.1) is 0 Å². The summed E-state index contributed by atoms with van der Waals surface area (Å²) in [6, 6.07) is 3.82. The van der Waals surface area contributed by atoms with Crippen molar-refractivity contribution in [3.05, 3.63) is 23.7 Å². The van der Waals surface area contributed by atoms with Crippen LogP contribution >= 0.6 is 0 Å². The van der Waals surface area contributed by atoms with E-state index in [-0.39, 0.29) is 24.5 Å². The van der Waals surface area contributed by atoms with Crippen molar-refractivity contribution in [3.63, 3.8) is 0 Å². The van der Waals surface area contributed by atoms with Gasteiger partial charge in [0.15, 0.2) is 11.6 Å². The van der Waals surface area contributed by atoms with Crippen molar-refractivity contribution in [2.24, 2.45) is 0 Å². The van der Waals surface area contributed by atoms with Crippen LogP contribution in [0.5, 0.6) is 0 Å². The van der Waals surface area contributed by atoms with Gasteiger partial charge < -0.3 is 4.42 Å². The highest BCUT2D eigenvalue weighted by molar-refractivity contribution is 6.36. The lowest BCUT2D eigenvalue weighted by Crippen LogP contribution is -2.11. The molecule has 0 aromatic carbocycles. The second-order valence-corrected chi connectivity index (χ2v) is 4.91. The van der Waals surface area contributed by atoms with E-state index >= 15 is 0 Å². The molecule has 0 amide bonds. The Balaban J connectivity index is 2.30. The van der Waals surface area contributed by atoms with Crippen molar-refractivity contribution in [1.82, 2.24) is 0 Å². The molecule has 1 unspecified atom stereocenters. The van der Waals surface area contributed by atoms with E-state index in [9.17, 15) is 14.4 Å². The lowest BCUT2D eigenvalue weighted by Gasteiger charge is -2.07. The van der Waals surface area contributed by atoms with Crippen molar-refractivity contribution in [1.29, 1.82) is 0 Å². The summed E-state index contributed by atoms with van der Waals surface area (Å²) in [7, 11) is 0. The number of hydrogen-bond acceptors (Lipinski definition) is 4. The second-order valence-electron chi connectivity index (χ2n) is 4.91. The first kappa shape index (κ1) is 15.3. The topological polar surface area (TPSA) is 64.3 Å². The molecule has 0 aliphatic rings. The van der Waals surface area contributed by atoms with E-state index in [4.69, 9.17) is 4.42 Å². The molecular formula is C15H20O4. The highest BCUT2D eigenvalue weighted by Crippen LogP contribution is 2.23. The third-order valence-corrected chi connectivity index (χ3v) is 3.13. The summed E-state index contributed by atoms with van der Waals surface area (Å²) in [5.41, 5.74) is 0. The standard InChI is InChI=1S/C15H20O4/c1-10(15-9-5-11(2)19-15)4-6-13(17)7-8-14(18)12(3)16/h5,9-10H,4,6-8H2,1-3H3. The summed E-state index contributed by atoms with van der Waals surface area (Å²) in [6.45, 7) is 5.12. The van der Waals surface area contributed by atoms with Crippen LogP contribution < -0.4 is 0 Å². The number of furan rings is 1. The van der Waals surface area contributed by atoms with Crippen LogP contribution in [0, 0.1) is 6.92 Å². The number of aryl methyl sites for hydroxylation is 1. The average Bonchev–Trinajstić information content (AvgIpc) is 2.79. The normalized spacial score (nSPS) is 12.2. The monoisotopic (exact) mass is 264 g/mol. The zero-order chi connectivity index (χ0) is 14.4. The average molecular weight is 264 g/mol. The molecule has 4 heteroatoms. The van der Waals surface area contributed by atoms with Crippen molar-refractivity contribution < 1.29 is 18.8 Å². The lowest BCUT2D eigenvalue weighted by molar-refractivity contribution is -0.136. The summed E-state index contributed by atoms with van der Waals surface area (Å²) >= 11 is 0. The quantitative estimate of drug-likeness (QED) is 0.677. The number of carbonyl (C=O) groups excluding carboxylic acids is 3. The molecule has 4 nitrogen and oxygen atoms in total. The van der Waals surface area contributed by atoms with Gasteiger partial charge in [-0.05, 0) is 25.5 Å². The molecule has 0 bridgehead atoms. The van der Waals surface area contributed by atoms with Crippen molar-refractivity contribution in [3.8, 4) is 0 Å². The van der Waals surface area contributed by atoms with Gasteiger partial charge in [-0.1, -0.05) is 6.92 Å². The Bertz CT molecular complexity index is 470. The maximum Gasteiger partial charge on any atom is 0.198 e. The highest BCUT2D eigenvalue weighted by atomic mass is 16.3. The molecule has 0 aliphatic carbocycles. The molecular weight excluding hydrogens is 244 g/mol. The predicted molar refractivity (Wildman–Crippen MR) is 71.0 cm³/mol. The van der Waals surface area contributed by atoms with Gasteiger partial charge in [-0.15, -0.1) is 0 Å². The Labute approximate surface area is 113 Å². The van der Waals surface area contributed by atoms with Crippen molar-refractivity contribution in [2.75, 3.05) is 0 Å². The van der Waals surface area contributed by atoms with Crippen LogP contribution in [0.3, 0.4) is 0 Å². The van der Waals surface area contributed by atoms with Gasteiger partial charge in [-0.2, -0.15) is 0 Å². The Morgan fingerprint density at radius 2 is 1.84 bits per heavy atom. The van der Waals surface area contributed by atoms with Crippen LogP contribution in [0.2, 0.25) is 0 Å². The van der Waals surface area contributed by atoms with E-state index in [2.05, 4.69) is 0 Å².